The van der Waals surface area contributed by atoms with Gasteiger partial charge in [-0.15, -0.1) is 0 Å². The largest absolute Gasteiger partial charge is 0.497 e. The summed E-state index contributed by atoms with van der Waals surface area (Å²) in [6.07, 6.45) is 6.80. The number of benzene rings is 1. The summed E-state index contributed by atoms with van der Waals surface area (Å²) in [7, 11) is 3.31. The van der Waals surface area contributed by atoms with Gasteiger partial charge < -0.3 is 20.1 Å². The number of methoxy groups -OCH3 is 2. The van der Waals surface area contributed by atoms with Crippen LogP contribution in [0.5, 0.6) is 11.5 Å². The highest BCUT2D eigenvalue weighted by atomic mass is 16.5. The Morgan fingerprint density at radius 1 is 1.25 bits per heavy atom. The van der Waals surface area contributed by atoms with Gasteiger partial charge in [0.05, 0.1) is 20.3 Å². The summed E-state index contributed by atoms with van der Waals surface area (Å²) in [5.74, 6) is 2.45. The minimum absolute atomic E-state index is 0.0229. The Morgan fingerprint density at radius 2 is 2.08 bits per heavy atom. The summed E-state index contributed by atoms with van der Waals surface area (Å²) in [4.78, 5) is 12.4. The quantitative estimate of drug-likeness (QED) is 0.839. The topological polar surface area (TPSA) is 59.6 Å². The Morgan fingerprint density at radius 3 is 2.83 bits per heavy atom. The SMILES string of the molecule is COc1ccc(OC)c(CCNC(=O)C2CC3CCCCC3N2)c1. The number of hydrogen-bond donors (Lipinski definition) is 2. The second-order valence-electron chi connectivity index (χ2n) is 6.82. The maximum atomic E-state index is 12.4. The Balaban J connectivity index is 1.50. The first-order chi connectivity index (χ1) is 11.7. The van der Waals surface area contributed by atoms with Crippen molar-refractivity contribution in [1.82, 2.24) is 10.6 Å². The van der Waals surface area contributed by atoms with Gasteiger partial charge in [0.25, 0.3) is 0 Å². The lowest BCUT2D eigenvalue weighted by Gasteiger charge is -2.24. The molecule has 0 spiro atoms. The molecule has 5 heteroatoms. The standard InChI is InChI=1S/C19H28N2O3/c1-23-15-7-8-18(24-2)14(11-15)9-10-20-19(22)17-12-13-5-3-4-6-16(13)21-17/h7-8,11,13,16-17,21H,3-6,9-10,12H2,1-2H3,(H,20,22). The van der Waals surface area contributed by atoms with Gasteiger partial charge >= 0.3 is 0 Å². The van der Waals surface area contributed by atoms with E-state index in [4.69, 9.17) is 9.47 Å². The number of ether oxygens (including phenoxy) is 2. The molecule has 3 rings (SSSR count). The number of amides is 1. The van der Waals surface area contributed by atoms with Gasteiger partial charge in [0.15, 0.2) is 0 Å². The van der Waals surface area contributed by atoms with Crippen molar-refractivity contribution in [2.45, 2.75) is 50.6 Å². The van der Waals surface area contributed by atoms with Gasteiger partial charge in [-0.25, -0.2) is 0 Å². The van der Waals surface area contributed by atoms with E-state index in [-0.39, 0.29) is 11.9 Å². The number of rotatable bonds is 6. The van der Waals surface area contributed by atoms with Crippen LogP contribution in [0.25, 0.3) is 0 Å². The maximum absolute atomic E-state index is 12.4. The molecule has 0 bridgehead atoms. The minimum Gasteiger partial charge on any atom is -0.497 e. The molecule has 1 saturated carbocycles. The summed E-state index contributed by atoms with van der Waals surface area (Å²) in [6.45, 7) is 0.607. The number of fused-ring (bicyclic) bond motifs is 1. The van der Waals surface area contributed by atoms with Crippen molar-refractivity contribution in [3.05, 3.63) is 23.8 Å². The highest BCUT2D eigenvalue weighted by Gasteiger charge is 2.37. The molecule has 24 heavy (non-hydrogen) atoms. The zero-order valence-electron chi connectivity index (χ0n) is 14.6. The van der Waals surface area contributed by atoms with Gasteiger partial charge in [-0.3, -0.25) is 4.79 Å². The Bertz CT molecular complexity index is 562. The van der Waals surface area contributed by atoms with Crippen LogP contribution < -0.4 is 20.1 Å². The second-order valence-corrected chi connectivity index (χ2v) is 6.82. The van der Waals surface area contributed by atoms with Gasteiger partial charge in [0.2, 0.25) is 5.91 Å². The molecule has 1 aliphatic carbocycles. The van der Waals surface area contributed by atoms with E-state index in [9.17, 15) is 4.79 Å². The molecule has 1 amide bonds. The average molecular weight is 332 g/mol. The summed E-state index contributed by atoms with van der Waals surface area (Å²) >= 11 is 0. The predicted molar refractivity (Wildman–Crippen MR) is 93.5 cm³/mol. The lowest BCUT2D eigenvalue weighted by atomic mass is 9.85. The molecule has 2 fully saturated rings. The highest BCUT2D eigenvalue weighted by Crippen LogP contribution is 2.33. The van der Waals surface area contributed by atoms with Crippen LogP contribution in [0.15, 0.2) is 18.2 Å². The molecule has 2 N–H and O–H groups in total. The van der Waals surface area contributed by atoms with Crippen LogP contribution in [0.2, 0.25) is 0 Å². The summed E-state index contributed by atoms with van der Waals surface area (Å²) < 4.78 is 10.7. The Labute approximate surface area is 144 Å². The molecule has 3 atom stereocenters. The third kappa shape index (κ3) is 3.83. The zero-order chi connectivity index (χ0) is 16.9. The molecular formula is C19H28N2O3. The summed E-state index contributed by atoms with van der Waals surface area (Å²) in [6, 6.07) is 6.27. The van der Waals surface area contributed by atoms with Crippen molar-refractivity contribution in [2.24, 2.45) is 5.92 Å². The van der Waals surface area contributed by atoms with E-state index in [1.54, 1.807) is 14.2 Å². The third-order valence-corrected chi connectivity index (χ3v) is 5.36. The Kier molecular flexibility index (Phi) is 5.61. The number of carbonyl (C=O) groups excluding carboxylic acids is 1. The van der Waals surface area contributed by atoms with Gasteiger partial charge in [-0.2, -0.15) is 0 Å². The first-order valence-electron chi connectivity index (χ1n) is 8.96. The Hall–Kier alpha value is -1.75. The van der Waals surface area contributed by atoms with Crippen molar-refractivity contribution in [1.29, 1.82) is 0 Å². The van der Waals surface area contributed by atoms with Crippen molar-refractivity contribution in [2.75, 3.05) is 20.8 Å². The lowest BCUT2D eigenvalue weighted by Crippen LogP contribution is -2.43. The third-order valence-electron chi connectivity index (χ3n) is 5.36. The number of carbonyl (C=O) groups is 1. The van der Waals surface area contributed by atoms with Crippen molar-refractivity contribution in [3.63, 3.8) is 0 Å². The molecule has 2 aliphatic rings. The van der Waals surface area contributed by atoms with Crippen LogP contribution in [-0.4, -0.2) is 38.8 Å². The number of hydrogen-bond acceptors (Lipinski definition) is 4. The van der Waals surface area contributed by atoms with E-state index >= 15 is 0 Å². The highest BCUT2D eigenvalue weighted by molar-refractivity contribution is 5.82. The summed E-state index contributed by atoms with van der Waals surface area (Å²) in [5, 5.41) is 6.60. The molecule has 1 saturated heterocycles. The second kappa shape index (κ2) is 7.88. The van der Waals surface area contributed by atoms with Crippen molar-refractivity contribution in [3.8, 4) is 11.5 Å². The van der Waals surface area contributed by atoms with Gasteiger partial charge in [0.1, 0.15) is 11.5 Å². The van der Waals surface area contributed by atoms with Crippen LogP contribution in [0, 0.1) is 5.92 Å². The maximum Gasteiger partial charge on any atom is 0.237 e. The monoisotopic (exact) mass is 332 g/mol. The molecule has 1 aromatic carbocycles. The molecule has 1 aliphatic heterocycles. The normalized spacial score (nSPS) is 25.8. The average Bonchev–Trinajstić information content (AvgIpc) is 3.05. The smallest absolute Gasteiger partial charge is 0.237 e. The van der Waals surface area contributed by atoms with Crippen LogP contribution in [0.1, 0.15) is 37.7 Å². The first-order valence-corrected chi connectivity index (χ1v) is 8.96. The van der Waals surface area contributed by atoms with E-state index in [0.29, 0.717) is 18.5 Å². The van der Waals surface area contributed by atoms with Crippen LogP contribution >= 0.6 is 0 Å². The van der Waals surface area contributed by atoms with E-state index in [1.165, 1.54) is 25.7 Å². The molecule has 5 nitrogen and oxygen atoms in total. The minimum atomic E-state index is -0.0229. The fourth-order valence-corrected chi connectivity index (χ4v) is 4.04. The molecule has 0 radical (unpaired) electrons. The summed E-state index contributed by atoms with van der Waals surface area (Å²) in [5.41, 5.74) is 1.05. The van der Waals surface area contributed by atoms with Gasteiger partial charge in [0, 0.05) is 12.6 Å². The van der Waals surface area contributed by atoms with Crippen molar-refractivity contribution >= 4 is 5.91 Å². The fraction of sp³-hybridized carbons (Fsp3) is 0.632. The zero-order valence-corrected chi connectivity index (χ0v) is 14.6. The van der Waals surface area contributed by atoms with E-state index in [0.717, 1.165) is 29.9 Å². The van der Waals surface area contributed by atoms with Gasteiger partial charge in [-0.05, 0) is 55.4 Å². The molecule has 3 unspecified atom stereocenters. The first kappa shape index (κ1) is 17.1. The molecule has 132 valence electrons. The van der Waals surface area contributed by atoms with Crippen LogP contribution in [0.4, 0.5) is 0 Å². The lowest BCUT2D eigenvalue weighted by molar-refractivity contribution is -0.122. The predicted octanol–water partition coefficient (Wildman–Crippen LogP) is 2.28. The van der Waals surface area contributed by atoms with Gasteiger partial charge in [-0.1, -0.05) is 12.8 Å². The van der Waals surface area contributed by atoms with E-state index in [1.807, 2.05) is 18.2 Å². The van der Waals surface area contributed by atoms with Crippen molar-refractivity contribution < 1.29 is 14.3 Å². The van der Waals surface area contributed by atoms with E-state index < -0.39 is 0 Å². The molecule has 0 aromatic heterocycles. The van der Waals surface area contributed by atoms with Crippen LogP contribution in [-0.2, 0) is 11.2 Å². The number of nitrogens with one attached hydrogen (secondary N) is 2. The van der Waals surface area contributed by atoms with Crippen LogP contribution in [0.3, 0.4) is 0 Å². The van der Waals surface area contributed by atoms with E-state index in [2.05, 4.69) is 10.6 Å². The fourth-order valence-electron chi connectivity index (χ4n) is 4.04. The molecule has 1 aromatic rings. The molecule has 1 heterocycles. The molecular weight excluding hydrogens is 304 g/mol.